The molecule has 0 unspecified atom stereocenters. The smallest absolute Gasteiger partial charge is 0.417 e. The van der Waals surface area contributed by atoms with Crippen molar-refractivity contribution in [1.29, 1.82) is 0 Å². The van der Waals surface area contributed by atoms with Crippen molar-refractivity contribution in [2.24, 2.45) is 0 Å². The standard InChI is InChI=1S/C20H19ClF3N5O2/c1-31-12-3-5-15-16(8-12)29-18(28-15)17-7-11(9-25-17)27-19(30)26-10-2-4-14(21)13(6-10)20(22,23)24/h2-6,8,11,17,25H,7,9H2,1H3,(H,28,29)(H2,26,27,30)/t11-,17-/m0/s1. The van der Waals surface area contributed by atoms with Gasteiger partial charge in [0.2, 0.25) is 0 Å². The van der Waals surface area contributed by atoms with Gasteiger partial charge >= 0.3 is 12.2 Å². The summed E-state index contributed by atoms with van der Waals surface area (Å²) in [7, 11) is 1.59. The van der Waals surface area contributed by atoms with Gasteiger partial charge in [0.25, 0.3) is 0 Å². The number of anilines is 1. The third-order valence-electron chi connectivity index (χ3n) is 5.03. The fraction of sp³-hybridized carbons (Fsp3) is 0.300. The Morgan fingerprint density at radius 3 is 2.81 bits per heavy atom. The first-order chi connectivity index (χ1) is 14.7. The molecule has 1 fully saturated rings. The molecule has 4 N–H and O–H groups in total. The molecule has 0 spiro atoms. The maximum atomic E-state index is 13.0. The lowest BCUT2D eigenvalue weighted by atomic mass is 10.1. The van der Waals surface area contributed by atoms with Crippen molar-refractivity contribution < 1.29 is 22.7 Å². The largest absolute Gasteiger partial charge is 0.497 e. The molecule has 31 heavy (non-hydrogen) atoms. The molecule has 164 valence electrons. The van der Waals surface area contributed by atoms with Crippen LogP contribution in [0.2, 0.25) is 5.02 Å². The van der Waals surface area contributed by atoms with E-state index < -0.39 is 22.8 Å². The van der Waals surface area contributed by atoms with Gasteiger partial charge in [-0.25, -0.2) is 9.78 Å². The maximum Gasteiger partial charge on any atom is 0.417 e. The highest BCUT2D eigenvalue weighted by Crippen LogP contribution is 2.36. The van der Waals surface area contributed by atoms with Gasteiger partial charge in [-0.05, 0) is 36.8 Å². The number of ether oxygens (including phenoxy) is 1. The first-order valence-electron chi connectivity index (χ1n) is 9.44. The second-order valence-electron chi connectivity index (χ2n) is 7.19. The zero-order valence-corrected chi connectivity index (χ0v) is 17.1. The van der Waals surface area contributed by atoms with Crippen molar-refractivity contribution >= 4 is 34.4 Å². The number of urea groups is 1. The van der Waals surface area contributed by atoms with Crippen molar-refractivity contribution in [2.45, 2.75) is 24.7 Å². The Balaban J connectivity index is 1.38. The highest BCUT2D eigenvalue weighted by Gasteiger charge is 2.33. The zero-order valence-electron chi connectivity index (χ0n) is 16.3. The minimum absolute atomic E-state index is 0.00274. The Morgan fingerprint density at radius 1 is 1.26 bits per heavy atom. The number of nitrogens with one attached hydrogen (secondary N) is 4. The summed E-state index contributed by atoms with van der Waals surface area (Å²) in [5, 5.41) is 8.05. The molecule has 1 aliphatic rings. The minimum atomic E-state index is -4.61. The molecule has 2 amide bonds. The molecule has 1 aliphatic heterocycles. The summed E-state index contributed by atoms with van der Waals surface area (Å²) in [6.45, 7) is 0.493. The van der Waals surface area contributed by atoms with Crippen LogP contribution in [0.15, 0.2) is 36.4 Å². The summed E-state index contributed by atoms with van der Waals surface area (Å²) in [6.07, 6.45) is -4.04. The lowest BCUT2D eigenvalue weighted by Gasteiger charge is -2.15. The van der Waals surface area contributed by atoms with Gasteiger partial charge in [0, 0.05) is 24.3 Å². The second kappa shape index (κ2) is 8.27. The highest BCUT2D eigenvalue weighted by molar-refractivity contribution is 6.31. The lowest BCUT2D eigenvalue weighted by Crippen LogP contribution is -2.39. The number of imidazole rings is 1. The third kappa shape index (κ3) is 4.70. The molecule has 2 aromatic carbocycles. The zero-order chi connectivity index (χ0) is 22.2. The van der Waals surface area contributed by atoms with Gasteiger partial charge in [0.15, 0.2) is 0 Å². The average molecular weight is 454 g/mol. The number of hydrogen-bond acceptors (Lipinski definition) is 4. The predicted molar refractivity (Wildman–Crippen MR) is 110 cm³/mol. The van der Waals surface area contributed by atoms with E-state index in [2.05, 4.69) is 25.9 Å². The summed E-state index contributed by atoms with van der Waals surface area (Å²) in [5.74, 6) is 1.45. The molecule has 0 aliphatic carbocycles. The molecule has 2 heterocycles. The maximum absolute atomic E-state index is 13.0. The fourth-order valence-electron chi connectivity index (χ4n) is 3.53. The number of fused-ring (bicyclic) bond motifs is 1. The topological polar surface area (TPSA) is 91.1 Å². The van der Waals surface area contributed by atoms with E-state index in [1.54, 1.807) is 7.11 Å². The second-order valence-corrected chi connectivity index (χ2v) is 7.60. The molecule has 1 aromatic heterocycles. The molecule has 11 heteroatoms. The molecule has 0 bridgehead atoms. The number of amides is 2. The number of H-pyrrole nitrogens is 1. The van der Waals surface area contributed by atoms with E-state index in [0.29, 0.717) is 18.7 Å². The van der Waals surface area contributed by atoms with Crippen molar-refractivity contribution in [3.63, 3.8) is 0 Å². The molecule has 7 nitrogen and oxygen atoms in total. The summed E-state index contributed by atoms with van der Waals surface area (Å²) in [5.41, 5.74) is 0.641. The Bertz CT molecular complexity index is 1120. The van der Waals surface area contributed by atoms with Gasteiger partial charge in [-0.15, -0.1) is 0 Å². The van der Waals surface area contributed by atoms with Crippen LogP contribution < -0.4 is 20.7 Å². The SMILES string of the molecule is COc1ccc2nc([C@@H]3C[C@H](NC(=O)Nc4ccc(Cl)c(C(F)(F)F)c4)CN3)[nH]c2c1. The number of aromatic amines is 1. The molecule has 2 atom stereocenters. The number of benzene rings is 2. The number of nitrogens with zero attached hydrogens (tertiary/aromatic N) is 1. The van der Waals surface area contributed by atoms with Gasteiger partial charge in [-0.1, -0.05) is 11.6 Å². The van der Waals surface area contributed by atoms with E-state index in [1.165, 1.54) is 6.07 Å². The Morgan fingerprint density at radius 2 is 2.06 bits per heavy atom. The van der Waals surface area contributed by atoms with E-state index in [4.69, 9.17) is 16.3 Å². The predicted octanol–water partition coefficient (Wildman–Crippen LogP) is 4.47. The van der Waals surface area contributed by atoms with Crippen LogP contribution in [0.4, 0.5) is 23.7 Å². The summed E-state index contributed by atoms with van der Waals surface area (Å²) < 4.78 is 44.2. The molecule has 1 saturated heterocycles. The monoisotopic (exact) mass is 453 g/mol. The van der Waals surface area contributed by atoms with Gasteiger partial charge in [-0.2, -0.15) is 13.2 Å². The van der Waals surface area contributed by atoms with Gasteiger partial charge in [-0.3, -0.25) is 0 Å². The summed E-state index contributed by atoms with van der Waals surface area (Å²) in [6, 6.07) is 7.83. The number of aromatic nitrogens is 2. The molecular weight excluding hydrogens is 435 g/mol. The fourth-order valence-corrected chi connectivity index (χ4v) is 3.75. The van der Waals surface area contributed by atoms with E-state index in [-0.39, 0.29) is 17.8 Å². The number of methoxy groups -OCH3 is 1. The number of rotatable bonds is 4. The van der Waals surface area contributed by atoms with Crippen molar-refractivity contribution in [1.82, 2.24) is 20.6 Å². The first-order valence-corrected chi connectivity index (χ1v) is 9.82. The van der Waals surface area contributed by atoms with Crippen LogP contribution in [-0.4, -0.2) is 35.7 Å². The van der Waals surface area contributed by atoms with E-state index >= 15 is 0 Å². The number of halogens is 4. The van der Waals surface area contributed by atoms with Crippen LogP contribution in [0.5, 0.6) is 5.75 Å². The van der Waals surface area contributed by atoms with Crippen LogP contribution >= 0.6 is 11.6 Å². The van der Waals surface area contributed by atoms with E-state index in [0.717, 1.165) is 29.0 Å². The van der Waals surface area contributed by atoms with Gasteiger partial charge in [0.1, 0.15) is 11.6 Å². The molecule has 3 aromatic rings. The molecule has 4 rings (SSSR count). The third-order valence-corrected chi connectivity index (χ3v) is 5.36. The van der Waals surface area contributed by atoms with Gasteiger partial charge < -0.3 is 25.7 Å². The highest BCUT2D eigenvalue weighted by atomic mass is 35.5. The van der Waals surface area contributed by atoms with E-state index in [1.807, 2.05) is 18.2 Å². The number of carbonyl (C=O) groups excluding carboxylic acids is 1. The van der Waals surface area contributed by atoms with Crippen molar-refractivity contribution in [3.05, 3.63) is 52.8 Å². The van der Waals surface area contributed by atoms with Crippen LogP contribution in [-0.2, 0) is 6.18 Å². The molecule has 0 radical (unpaired) electrons. The quantitative estimate of drug-likeness (QED) is 0.469. The Labute approximate surface area is 180 Å². The molecule has 0 saturated carbocycles. The summed E-state index contributed by atoms with van der Waals surface area (Å²) >= 11 is 5.60. The number of alkyl halides is 3. The van der Waals surface area contributed by atoms with Crippen LogP contribution in [0.3, 0.4) is 0 Å². The van der Waals surface area contributed by atoms with E-state index in [9.17, 15) is 18.0 Å². The first kappa shape index (κ1) is 21.3. The van der Waals surface area contributed by atoms with Crippen LogP contribution in [0.1, 0.15) is 23.9 Å². The Kier molecular flexibility index (Phi) is 5.67. The Hall–Kier alpha value is -2.98. The summed E-state index contributed by atoms with van der Waals surface area (Å²) in [4.78, 5) is 20.1. The normalized spacial score (nSPS) is 18.9. The van der Waals surface area contributed by atoms with Crippen molar-refractivity contribution in [2.75, 3.05) is 19.0 Å². The van der Waals surface area contributed by atoms with Crippen LogP contribution in [0.25, 0.3) is 11.0 Å². The lowest BCUT2D eigenvalue weighted by molar-refractivity contribution is -0.137. The number of hydrogen-bond donors (Lipinski definition) is 4. The van der Waals surface area contributed by atoms with Crippen molar-refractivity contribution in [3.8, 4) is 5.75 Å². The van der Waals surface area contributed by atoms with Crippen LogP contribution in [0, 0.1) is 0 Å². The molecular formula is C20H19ClF3N5O2. The number of carbonyl (C=O) groups is 1. The average Bonchev–Trinajstić information content (AvgIpc) is 3.34. The van der Waals surface area contributed by atoms with Gasteiger partial charge in [0.05, 0.1) is 34.8 Å². The minimum Gasteiger partial charge on any atom is -0.497 e.